The van der Waals surface area contributed by atoms with E-state index in [4.69, 9.17) is 0 Å². The van der Waals surface area contributed by atoms with Crippen LogP contribution < -0.4 is 16.0 Å². The summed E-state index contributed by atoms with van der Waals surface area (Å²) in [7, 11) is 0. The summed E-state index contributed by atoms with van der Waals surface area (Å²) >= 11 is 1.53. The van der Waals surface area contributed by atoms with Crippen LogP contribution in [0, 0.1) is 10.1 Å². The third-order valence-corrected chi connectivity index (χ3v) is 4.74. The van der Waals surface area contributed by atoms with Gasteiger partial charge >= 0.3 is 0 Å². The van der Waals surface area contributed by atoms with E-state index in [9.17, 15) is 14.9 Å². The normalized spacial score (nSPS) is 14.7. The fourth-order valence-electron chi connectivity index (χ4n) is 2.90. The number of benzene rings is 2. The minimum atomic E-state index is -0.473. The number of non-ortho nitro benzene ring substituents is 1. The molecule has 8 nitrogen and oxygen atoms in total. The van der Waals surface area contributed by atoms with Gasteiger partial charge in [0.1, 0.15) is 6.17 Å². The van der Waals surface area contributed by atoms with Gasteiger partial charge < -0.3 is 16.0 Å². The molecule has 0 radical (unpaired) electrons. The first kappa shape index (κ1) is 17.0. The largest absolute Gasteiger partial charge is 0.359 e. The second-order valence-electron chi connectivity index (χ2n) is 6.05. The van der Waals surface area contributed by atoms with Crippen LogP contribution in [-0.2, 0) is 11.2 Å². The van der Waals surface area contributed by atoms with E-state index in [2.05, 4.69) is 20.9 Å². The number of carbonyl (C=O) groups excluding carboxylic acids is 1. The zero-order valence-corrected chi connectivity index (χ0v) is 14.8. The number of amides is 1. The highest BCUT2D eigenvalue weighted by molar-refractivity contribution is 7.07. The maximum Gasteiger partial charge on any atom is 0.269 e. The van der Waals surface area contributed by atoms with E-state index in [1.165, 1.54) is 23.5 Å². The number of nitro groups is 1. The van der Waals surface area contributed by atoms with Gasteiger partial charge in [0.25, 0.3) is 5.69 Å². The van der Waals surface area contributed by atoms with Gasteiger partial charge in [0.15, 0.2) is 0 Å². The van der Waals surface area contributed by atoms with Gasteiger partial charge in [-0.2, -0.15) is 0 Å². The molecule has 136 valence electrons. The SMILES string of the molecule is O=C(Cc1cccc([N+](=O)[O-])c1)Nc1ccc2c(c1)NC(c1cscn1)N2. The van der Waals surface area contributed by atoms with Crippen molar-refractivity contribution in [2.24, 2.45) is 0 Å². The number of carbonyl (C=O) groups is 1. The Hall–Kier alpha value is -3.46. The minimum Gasteiger partial charge on any atom is -0.359 e. The van der Waals surface area contributed by atoms with Gasteiger partial charge in [-0.05, 0) is 23.8 Å². The molecule has 0 saturated heterocycles. The van der Waals surface area contributed by atoms with Gasteiger partial charge in [0, 0.05) is 23.2 Å². The molecule has 9 heteroatoms. The van der Waals surface area contributed by atoms with Crippen molar-refractivity contribution in [1.82, 2.24) is 4.98 Å². The Balaban J connectivity index is 1.42. The van der Waals surface area contributed by atoms with Gasteiger partial charge in [-0.3, -0.25) is 14.9 Å². The Morgan fingerprint density at radius 3 is 2.85 bits per heavy atom. The molecule has 1 atom stereocenters. The van der Waals surface area contributed by atoms with Crippen LogP contribution in [0.3, 0.4) is 0 Å². The summed E-state index contributed by atoms with van der Waals surface area (Å²) in [5, 5.41) is 22.3. The first-order chi connectivity index (χ1) is 13.1. The first-order valence-electron chi connectivity index (χ1n) is 8.17. The Bertz CT molecular complexity index is 1010. The van der Waals surface area contributed by atoms with E-state index < -0.39 is 4.92 Å². The number of fused-ring (bicyclic) bond motifs is 1. The summed E-state index contributed by atoms with van der Waals surface area (Å²) < 4.78 is 0. The highest BCUT2D eigenvalue weighted by Crippen LogP contribution is 2.36. The van der Waals surface area contributed by atoms with E-state index in [-0.39, 0.29) is 24.2 Å². The maximum atomic E-state index is 12.3. The van der Waals surface area contributed by atoms with Crippen molar-refractivity contribution in [3.63, 3.8) is 0 Å². The lowest BCUT2D eigenvalue weighted by molar-refractivity contribution is -0.384. The molecule has 0 spiro atoms. The van der Waals surface area contributed by atoms with Crippen LogP contribution in [0.4, 0.5) is 22.7 Å². The molecule has 0 saturated carbocycles. The van der Waals surface area contributed by atoms with Crippen molar-refractivity contribution in [3.05, 3.63) is 74.7 Å². The quantitative estimate of drug-likeness (QED) is 0.458. The standard InChI is InChI=1S/C18H15N5O3S/c24-17(7-11-2-1-3-13(6-11)23(25)26)20-12-4-5-14-15(8-12)22-18(21-14)16-9-27-10-19-16/h1-6,8-10,18,21-22H,7H2,(H,20,24). The van der Waals surface area contributed by atoms with Crippen molar-refractivity contribution in [1.29, 1.82) is 0 Å². The number of thiazole rings is 1. The van der Waals surface area contributed by atoms with Gasteiger partial charge in [0.05, 0.1) is 33.9 Å². The average molecular weight is 381 g/mol. The third kappa shape index (κ3) is 3.72. The predicted octanol–water partition coefficient (Wildman–Crippen LogP) is 3.77. The third-order valence-electron chi connectivity index (χ3n) is 4.14. The predicted molar refractivity (Wildman–Crippen MR) is 104 cm³/mol. The average Bonchev–Trinajstić information content (AvgIpc) is 3.30. The number of rotatable bonds is 5. The fraction of sp³-hybridized carbons (Fsp3) is 0.111. The molecule has 4 rings (SSSR count). The number of hydrogen-bond acceptors (Lipinski definition) is 7. The molecule has 0 bridgehead atoms. The molecule has 0 aliphatic carbocycles. The van der Waals surface area contributed by atoms with Crippen molar-refractivity contribution in [2.45, 2.75) is 12.6 Å². The van der Waals surface area contributed by atoms with Crippen LogP contribution in [0.2, 0.25) is 0 Å². The van der Waals surface area contributed by atoms with E-state index in [0.29, 0.717) is 11.3 Å². The molecule has 1 aliphatic rings. The van der Waals surface area contributed by atoms with Gasteiger partial charge in [-0.25, -0.2) is 4.98 Å². The van der Waals surface area contributed by atoms with Gasteiger partial charge in [0.2, 0.25) is 5.91 Å². The van der Waals surface area contributed by atoms with Crippen LogP contribution in [-0.4, -0.2) is 15.8 Å². The summed E-state index contributed by atoms with van der Waals surface area (Å²) in [5.41, 5.74) is 5.71. The number of nitrogens with zero attached hydrogens (tertiary/aromatic N) is 2. The lowest BCUT2D eigenvalue weighted by Crippen LogP contribution is -2.14. The summed E-state index contributed by atoms with van der Waals surface area (Å²) in [4.78, 5) is 26.9. The topological polar surface area (TPSA) is 109 Å². The number of anilines is 3. The molecule has 27 heavy (non-hydrogen) atoms. The Morgan fingerprint density at radius 2 is 2.07 bits per heavy atom. The van der Waals surface area contributed by atoms with Crippen LogP contribution in [0.1, 0.15) is 17.4 Å². The summed E-state index contributed by atoms with van der Waals surface area (Å²) in [6, 6.07) is 11.6. The summed E-state index contributed by atoms with van der Waals surface area (Å²) in [6.07, 6.45) is -0.0339. The highest BCUT2D eigenvalue weighted by atomic mass is 32.1. The number of aromatic nitrogens is 1. The second kappa shape index (κ2) is 7.04. The number of nitrogens with one attached hydrogen (secondary N) is 3. The minimum absolute atomic E-state index is 0.0267. The van der Waals surface area contributed by atoms with Crippen LogP contribution >= 0.6 is 11.3 Å². The summed E-state index contributed by atoms with van der Waals surface area (Å²) in [5.74, 6) is -0.238. The molecular formula is C18H15N5O3S. The fourth-order valence-corrected chi connectivity index (χ4v) is 3.48. The molecule has 1 amide bonds. The van der Waals surface area contributed by atoms with E-state index in [1.54, 1.807) is 17.6 Å². The lowest BCUT2D eigenvalue weighted by Gasteiger charge is -2.08. The van der Waals surface area contributed by atoms with E-state index in [0.717, 1.165) is 17.1 Å². The van der Waals surface area contributed by atoms with Crippen molar-refractivity contribution in [2.75, 3.05) is 16.0 Å². The molecule has 3 N–H and O–H groups in total. The molecule has 1 aliphatic heterocycles. The summed E-state index contributed by atoms with van der Waals surface area (Å²) in [6.45, 7) is 0. The number of hydrogen-bond donors (Lipinski definition) is 3. The molecule has 2 heterocycles. The maximum absolute atomic E-state index is 12.3. The van der Waals surface area contributed by atoms with E-state index in [1.807, 2.05) is 23.6 Å². The second-order valence-corrected chi connectivity index (χ2v) is 6.77. The Kier molecular flexibility index (Phi) is 4.43. The smallest absolute Gasteiger partial charge is 0.269 e. The lowest BCUT2D eigenvalue weighted by atomic mass is 10.1. The Labute approximate surface area is 158 Å². The monoisotopic (exact) mass is 381 g/mol. The molecule has 0 fully saturated rings. The highest BCUT2D eigenvalue weighted by Gasteiger charge is 2.22. The molecule has 1 aromatic heterocycles. The zero-order chi connectivity index (χ0) is 18.8. The van der Waals surface area contributed by atoms with Crippen molar-refractivity contribution < 1.29 is 9.72 Å². The van der Waals surface area contributed by atoms with Crippen molar-refractivity contribution >= 4 is 40.0 Å². The molecular weight excluding hydrogens is 366 g/mol. The van der Waals surface area contributed by atoms with Gasteiger partial charge in [-0.1, -0.05) is 12.1 Å². The zero-order valence-electron chi connectivity index (χ0n) is 14.0. The van der Waals surface area contributed by atoms with Crippen LogP contribution in [0.5, 0.6) is 0 Å². The molecule has 1 unspecified atom stereocenters. The van der Waals surface area contributed by atoms with Crippen LogP contribution in [0.15, 0.2) is 53.4 Å². The van der Waals surface area contributed by atoms with Crippen LogP contribution in [0.25, 0.3) is 0 Å². The number of nitro benzene ring substituents is 1. The molecule has 2 aromatic carbocycles. The van der Waals surface area contributed by atoms with E-state index >= 15 is 0 Å². The Morgan fingerprint density at radius 1 is 1.22 bits per heavy atom. The van der Waals surface area contributed by atoms with Gasteiger partial charge in [-0.15, -0.1) is 11.3 Å². The van der Waals surface area contributed by atoms with Crippen molar-refractivity contribution in [3.8, 4) is 0 Å². The molecule has 3 aromatic rings. The first-order valence-corrected chi connectivity index (χ1v) is 9.11.